The standard InChI is InChI=1S/C16H20BrN3O2S2/c17-15-6-7-16(23-15)24(21,22)18-8-9-19-10-12-20(13-11-19)14-4-2-1-3-5-14/h1-7,18H,8-13H2. The molecule has 1 aliphatic rings. The third kappa shape index (κ3) is 4.58. The number of rotatable bonds is 6. The summed E-state index contributed by atoms with van der Waals surface area (Å²) in [5.41, 5.74) is 1.25. The van der Waals surface area contributed by atoms with Gasteiger partial charge < -0.3 is 4.90 Å². The number of thiophene rings is 1. The predicted molar refractivity (Wildman–Crippen MR) is 102 cm³/mol. The highest BCUT2D eigenvalue weighted by Crippen LogP contribution is 2.25. The van der Waals surface area contributed by atoms with Gasteiger partial charge in [0.25, 0.3) is 0 Å². The number of hydrogen-bond acceptors (Lipinski definition) is 5. The van der Waals surface area contributed by atoms with E-state index in [1.165, 1.54) is 17.0 Å². The van der Waals surface area contributed by atoms with E-state index < -0.39 is 10.0 Å². The molecule has 130 valence electrons. The molecule has 2 aromatic rings. The van der Waals surface area contributed by atoms with Crippen molar-refractivity contribution in [2.75, 3.05) is 44.2 Å². The fourth-order valence-electron chi connectivity index (χ4n) is 2.72. The van der Waals surface area contributed by atoms with E-state index in [0.29, 0.717) is 10.8 Å². The third-order valence-electron chi connectivity index (χ3n) is 4.03. The Morgan fingerprint density at radius 2 is 1.75 bits per heavy atom. The van der Waals surface area contributed by atoms with Gasteiger partial charge >= 0.3 is 0 Å². The van der Waals surface area contributed by atoms with Crippen LogP contribution in [-0.4, -0.2) is 52.6 Å². The van der Waals surface area contributed by atoms with E-state index in [1.807, 2.05) is 6.07 Å². The lowest BCUT2D eigenvalue weighted by Gasteiger charge is -2.36. The molecule has 1 aliphatic heterocycles. The fraction of sp³-hybridized carbons (Fsp3) is 0.375. The average Bonchev–Trinajstić information content (AvgIpc) is 3.04. The number of piperazine rings is 1. The molecule has 0 spiro atoms. The van der Waals surface area contributed by atoms with E-state index in [-0.39, 0.29) is 0 Å². The van der Waals surface area contributed by atoms with Crippen LogP contribution in [0.3, 0.4) is 0 Å². The first-order valence-electron chi connectivity index (χ1n) is 7.82. The molecule has 1 aromatic carbocycles. The Balaban J connectivity index is 1.44. The smallest absolute Gasteiger partial charge is 0.250 e. The van der Waals surface area contributed by atoms with E-state index in [9.17, 15) is 8.42 Å². The Hall–Kier alpha value is -0.930. The molecular weight excluding hydrogens is 410 g/mol. The fourth-order valence-corrected chi connectivity index (χ4v) is 5.80. The van der Waals surface area contributed by atoms with Gasteiger partial charge in [0.05, 0.1) is 3.79 Å². The van der Waals surface area contributed by atoms with Crippen molar-refractivity contribution in [2.45, 2.75) is 4.21 Å². The number of nitrogens with zero attached hydrogens (tertiary/aromatic N) is 2. The predicted octanol–water partition coefficient (Wildman–Crippen LogP) is 2.61. The third-order valence-corrected chi connectivity index (χ3v) is 7.60. The number of para-hydroxylation sites is 1. The summed E-state index contributed by atoms with van der Waals surface area (Å²) in [6, 6.07) is 13.8. The molecule has 1 fully saturated rings. The molecule has 0 saturated carbocycles. The molecule has 0 bridgehead atoms. The second kappa shape index (κ2) is 7.97. The first-order valence-corrected chi connectivity index (χ1v) is 10.9. The summed E-state index contributed by atoms with van der Waals surface area (Å²) < 4.78 is 28.2. The molecule has 0 radical (unpaired) electrons. The topological polar surface area (TPSA) is 52.7 Å². The Labute approximate surface area is 155 Å². The van der Waals surface area contributed by atoms with Crippen LogP contribution < -0.4 is 9.62 Å². The lowest BCUT2D eigenvalue weighted by Crippen LogP contribution is -2.48. The maximum atomic E-state index is 12.2. The molecule has 2 heterocycles. The summed E-state index contributed by atoms with van der Waals surface area (Å²) in [6.45, 7) is 4.99. The summed E-state index contributed by atoms with van der Waals surface area (Å²) in [6.07, 6.45) is 0. The summed E-state index contributed by atoms with van der Waals surface area (Å²) >= 11 is 4.52. The van der Waals surface area contributed by atoms with Crippen LogP contribution in [0.1, 0.15) is 0 Å². The van der Waals surface area contributed by atoms with Gasteiger partial charge in [-0.2, -0.15) is 0 Å². The van der Waals surface area contributed by atoms with Crippen molar-refractivity contribution < 1.29 is 8.42 Å². The second-order valence-corrected chi connectivity index (χ2v) is 10.1. The minimum absolute atomic E-state index is 0.350. The zero-order chi connectivity index (χ0) is 17.0. The largest absolute Gasteiger partial charge is 0.369 e. The molecule has 0 unspecified atom stereocenters. The molecule has 8 heteroatoms. The van der Waals surface area contributed by atoms with Crippen LogP contribution in [0, 0.1) is 0 Å². The Bertz CT molecular complexity index is 757. The number of halogens is 1. The molecule has 1 N–H and O–H groups in total. The normalized spacial score (nSPS) is 16.5. The van der Waals surface area contributed by atoms with Crippen LogP contribution in [0.4, 0.5) is 5.69 Å². The Morgan fingerprint density at radius 3 is 2.38 bits per heavy atom. The van der Waals surface area contributed by atoms with Gasteiger partial charge in [0.15, 0.2) is 0 Å². The quantitative estimate of drug-likeness (QED) is 0.766. The second-order valence-electron chi connectivity index (χ2n) is 5.62. The average molecular weight is 430 g/mol. The van der Waals surface area contributed by atoms with Gasteiger partial charge in [-0.25, -0.2) is 13.1 Å². The van der Waals surface area contributed by atoms with Gasteiger partial charge in [0.1, 0.15) is 4.21 Å². The van der Waals surface area contributed by atoms with Crippen molar-refractivity contribution in [3.63, 3.8) is 0 Å². The van der Waals surface area contributed by atoms with E-state index in [0.717, 1.165) is 36.5 Å². The first kappa shape index (κ1) is 17.9. The van der Waals surface area contributed by atoms with Crippen LogP contribution in [-0.2, 0) is 10.0 Å². The van der Waals surface area contributed by atoms with Crippen molar-refractivity contribution >= 4 is 43.0 Å². The van der Waals surface area contributed by atoms with Crippen LogP contribution in [0.5, 0.6) is 0 Å². The maximum absolute atomic E-state index is 12.2. The molecule has 0 amide bonds. The lowest BCUT2D eigenvalue weighted by atomic mass is 10.2. The minimum Gasteiger partial charge on any atom is -0.369 e. The summed E-state index contributed by atoms with van der Waals surface area (Å²) in [5.74, 6) is 0. The van der Waals surface area contributed by atoms with Gasteiger partial charge in [0, 0.05) is 45.0 Å². The van der Waals surface area contributed by atoms with Crippen LogP contribution in [0.25, 0.3) is 0 Å². The molecule has 1 aromatic heterocycles. The van der Waals surface area contributed by atoms with E-state index in [4.69, 9.17) is 0 Å². The molecule has 0 aliphatic carbocycles. The van der Waals surface area contributed by atoms with Crippen LogP contribution in [0.2, 0.25) is 0 Å². The van der Waals surface area contributed by atoms with Crippen molar-refractivity contribution in [1.82, 2.24) is 9.62 Å². The van der Waals surface area contributed by atoms with Crippen LogP contribution >= 0.6 is 27.3 Å². The molecule has 5 nitrogen and oxygen atoms in total. The van der Waals surface area contributed by atoms with Crippen molar-refractivity contribution in [3.8, 4) is 0 Å². The SMILES string of the molecule is O=S(=O)(NCCN1CCN(c2ccccc2)CC1)c1ccc(Br)s1. The highest BCUT2D eigenvalue weighted by atomic mass is 79.9. The van der Waals surface area contributed by atoms with Crippen molar-refractivity contribution in [2.24, 2.45) is 0 Å². The lowest BCUT2D eigenvalue weighted by molar-refractivity contribution is 0.262. The monoisotopic (exact) mass is 429 g/mol. The molecule has 24 heavy (non-hydrogen) atoms. The summed E-state index contributed by atoms with van der Waals surface area (Å²) in [5, 5.41) is 0. The highest BCUT2D eigenvalue weighted by molar-refractivity contribution is 9.11. The number of hydrogen-bond donors (Lipinski definition) is 1. The maximum Gasteiger partial charge on any atom is 0.250 e. The van der Waals surface area contributed by atoms with Crippen molar-refractivity contribution in [3.05, 3.63) is 46.3 Å². The Kier molecular flexibility index (Phi) is 5.93. The Morgan fingerprint density at radius 1 is 1.04 bits per heavy atom. The van der Waals surface area contributed by atoms with E-state index in [2.05, 4.69) is 54.7 Å². The molecule has 3 rings (SSSR count). The zero-order valence-electron chi connectivity index (χ0n) is 13.2. The van der Waals surface area contributed by atoms with Gasteiger partial charge in [-0.05, 0) is 40.2 Å². The number of nitrogens with one attached hydrogen (secondary N) is 1. The van der Waals surface area contributed by atoms with Gasteiger partial charge in [-0.15, -0.1) is 11.3 Å². The van der Waals surface area contributed by atoms with Gasteiger partial charge in [-0.3, -0.25) is 4.90 Å². The number of benzene rings is 1. The number of sulfonamides is 1. The highest BCUT2D eigenvalue weighted by Gasteiger charge is 2.19. The summed E-state index contributed by atoms with van der Waals surface area (Å²) in [7, 11) is -3.39. The van der Waals surface area contributed by atoms with Gasteiger partial charge in [0.2, 0.25) is 10.0 Å². The summed E-state index contributed by atoms with van der Waals surface area (Å²) in [4.78, 5) is 4.66. The zero-order valence-corrected chi connectivity index (χ0v) is 16.4. The van der Waals surface area contributed by atoms with E-state index in [1.54, 1.807) is 12.1 Å². The minimum atomic E-state index is -3.39. The van der Waals surface area contributed by atoms with Crippen LogP contribution in [0.15, 0.2) is 50.5 Å². The van der Waals surface area contributed by atoms with E-state index >= 15 is 0 Å². The van der Waals surface area contributed by atoms with Crippen molar-refractivity contribution in [1.29, 1.82) is 0 Å². The first-order chi connectivity index (χ1) is 11.5. The molecule has 1 saturated heterocycles. The van der Waals surface area contributed by atoms with Gasteiger partial charge in [-0.1, -0.05) is 18.2 Å². The molecule has 0 atom stereocenters. The number of anilines is 1. The molecular formula is C16H20BrN3O2S2.